The van der Waals surface area contributed by atoms with Crippen LogP contribution in [0.4, 0.5) is 16.2 Å². The molecule has 0 spiro atoms. The Morgan fingerprint density at radius 2 is 2.19 bits per heavy atom. The van der Waals surface area contributed by atoms with E-state index in [0.29, 0.717) is 12.2 Å². The summed E-state index contributed by atoms with van der Waals surface area (Å²) in [6.07, 6.45) is 1.65. The van der Waals surface area contributed by atoms with Gasteiger partial charge in [0.1, 0.15) is 6.04 Å². The molecular formula is C19H28N4O3. The minimum Gasteiger partial charge on any atom is -0.395 e. The number of aliphatic hydroxyl groups excluding tert-OH is 1. The van der Waals surface area contributed by atoms with Crippen molar-refractivity contribution in [1.29, 1.82) is 0 Å². The average Bonchev–Trinajstić information content (AvgIpc) is 3.07. The summed E-state index contributed by atoms with van der Waals surface area (Å²) in [5.74, 6) is -0.0925. The number of carbonyl (C=O) groups is 2. The molecule has 2 aliphatic rings. The predicted molar refractivity (Wildman–Crippen MR) is 101 cm³/mol. The highest BCUT2D eigenvalue weighted by Crippen LogP contribution is 2.35. The van der Waals surface area contributed by atoms with Crippen LogP contribution in [-0.2, 0) is 4.79 Å². The summed E-state index contributed by atoms with van der Waals surface area (Å²) < 4.78 is 0. The van der Waals surface area contributed by atoms with E-state index in [9.17, 15) is 9.59 Å². The number of para-hydroxylation sites is 2. The number of aliphatic hydroxyl groups is 1. The number of β-amino-alcohol motifs (C(OH)–C–C–N with tert-alkyl or cyclic N) is 1. The summed E-state index contributed by atoms with van der Waals surface area (Å²) in [6, 6.07) is 6.70. The fourth-order valence-corrected chi connectivity index (χ4v) is 3.77. The van der Waals surface area contributed by atoms with E-state index in [1.807, 2.05) is 38.1 Å². The number of fused-ring (bicyclic) bond motifs is 1. The topological polar surface area (TPSA) is 84.9 Å². The molecule has 3 amide bonds. The summed E-state index contributed by atoms with van der Waals surface area (Å²) in [5, 5.41) is 15.1. The lowest BCUT2D eigenvalue weighted by Crippen LogP contribution is -2.58. The van der Waals surface area contributed by atoms with Gasteiger partial charge in [0.2, 0.25) is 5.91 Å². The minimum absolute atomic E-state index is 0.0313. The van der Waals surface area contributed by atoms with E-state index in [0.717, 1.165) is 31.6 Å². The van der Waals surface area contributed by atoms with E-state index in [2.05, 4.69) is 15.5 Å². The van der Waals surface area contributed by atoms with Crippen molar-refractivity contribution in [2.24, 2.45) is 5.92 Å². The van der Waals surface area contributed by atoms with Gasteiger partial charge >= 0.3 is 6.03 Å². The average molecular weight is 360 g/mol. The molecule has 0 radical (unpaired) electrons. The lowest BCUT2D eigenvalue weighted by molar-refractivity contribution is -0.118. The highest BCUT2D eigenvalue weighted by molar-refractivity contribution is 6.11. The van der Waals surface area contributed by atoms with Crippen LogP contribution in [0.25, 0.3) is 0 Å². The first-order valence-corrected chi connectivity index (χ1v) is 9.38. The molecule has 0 aliphatic carbocycles. The van der Waals surface area contributed by atoms with Gasteiger partial charge in [-0.25, -0.2) is 4.79 Å². The number of nitrogens with one attached hydrogen (secondary N) is 2. The maximum atomic E-state index is 13.1. The summed E-state index contributed by atoms with van der Waals surface area (Å²) in [4.78, 5) is 29.6. The maximum absolute atomic E-state index is 13.1. The molecule has 3 unspecified atom stereocenters. The number of hydrogen-bond donors (Lipinski definition) is 3. The van der Waals surface area contributed by atoms with Crippen LogP contribution in [0.15, 0.2) is 24.3 Å². The van der Waals surface area contributed by atoms with E-state index >= 15 is 0 Å². The van der Waals surface area contributed by atoms with Gasteiger partial charge in [0.05, 0.1) is 18.0 Å². The summed E-state index contributed by atoms with van der Waals surface area (Å²) >= 11 is 0. The van der Waals surface area contributed by atoms with Crippen LogP contribution < -0.4 is 15.5 Å². The smallest absolute Gasteiger partial charge is 0.322 e. The summed E-state index contributed by atoms with van der Waals surface area (Å²) in [7, 11) is 0. The normalized spacial score (nSPS) is 24.1. The summed E-state index contributed by atoms with van der Waals surface area (Å²) in [5.41, 5.74) is 1.40. The fraction of sp³-hybridized carbons (Fsp3) is 0.579. The van der Waals surface area contributed by atoms with Crippen molar-refractivity contribution in [2.45, 2.75) is 38.8 Å². The van der Waals surface area contributed by atoms with E-state index < -0.39 is 6.04 Å². The molecule has 0 saturated carbocycles. The zero-order valence-electron chi connectivity index (χ0n) is 15.4. The molecule has 3 atom stereocenters. The van der Waals surface area contributed by atoms with E-state index in [1.165, 1.54) is 0 Å². The lowest BCUT2D eigenvalue weighted by atomic mass is 9.94. The zero-order chi connectivity index (χ0) is 18.7. The molecular weight excluding hydrogens is 332 g/mol. The molecule has 26 heavy (non-hydrogen) atoms. The van der Waals surface area contributed by atoms with Crippen LogP contribution in [0.3, 0.4) is 0 Å². The van der Waals surface area contributed by atoms with Crippen LogP contribution in [0.5, 0.6) is 0 Å². The molecule has 142 valence electrons. The van der Waals surface area contributed by atoms with Crippen LogP contribution in [0.2, 0.25) is 0 Å². The first kappa shape index (κ1) is 18.7. The molecule has 1 aromatic carbocycles. The van der Waals surface area contributed by atoms with Gasteiger partial charge in [-0.15, -0.1) is 0 Å². The Morgan fingerprint density at radius 1 is 1.42 bits per heavy atom. The van der Waals surface area contributed by atoms with E-state index in [-0.39, 0.29) is 30.5 Å². The van der Waals surface area contributed by atoms with Gasteiger partial charge in [0, 0.05) is 25.7 Å². The Morgan fingerprint density at radius 3 is 2.92 bits per heavy atom. The van der Waals surface area contributed by atoms with Crippen molar-refractivity contribution in [3.8, 4) is 0 Å². The molecule has 3 N–H and O–H groups in total. The third kappa shape index (κ3) is 3.68. The van der Waals surface area contributed by atoms with Crippen LogP contribution >= 0.6 is 0 Å². The maximum Gasteiger partial charge on any atom is 0.322 e. The molecule has 7 heteroatoms. The SMILES string of the molecule is CCC(C)C1C(=O)Nc2ccccc2N1C(=O)NC1CCN(CCO)C1. The Labute approximate surface area is 154 Å². The molecule has 1 aromatic rings. The van der Waals surface area contributed by atoms with Gasteiger partial charge in [-0.1, -0.05) is 32.4 Å². The third-order valence-electron chi connectivity index (χ3n) is 5.39. The molecule has 1 fully saturated rings. The largest absolute Gasteiger partial charge is 0.395 e. The minimum atomic E-state index is -0.523. The second-order valence-electron chi connectivity index (χ2n) is 7.17. The van der Waals surface area contributed by atoms with Crippen molar-refractivity contribution in [3.05, 3.63) is 24.3 Å². The van der Waals surface area contributed by atoms with Crippen molar-refractivity contribution < 1.29 is 14.7 Å². The number of nitrogens with zero attached hydrogens (tertiary/aromatic N) is 2. The second kappa shape index (κ2) is 8.05. The van der Waals surface area contributed by atoms with Crippen LogP contribution in [0, 0.1) is 5.92 Å². The van der Waals surface area contributed by atoms with Gasteiger partial charge in [0.25, 0.3) is 0 Å². The quantitative estimate of drug-likeness (QED) is 0.745. The van der Waals surface area contributed by atoms with E-state index in [1.54, 1.807) is 4.90 Å². The number of benzene rings is 1. The predicted octanol–water partition coefficient (Wildman–Crippen LogP) is 1.64. The molecule has 3 rings (SSSR count). The second-order valence-corrected chi connectivity index (χ2v) is 7.17. The van der Waals surface area contributed by atoms with Crippen molar-refractivity contribution >= 4 is 23.3 Å². The third-order valence-corrected chi connectivity index (χ3v) is 5.39. The molecule has 2 aliphatic heterocycles. The number of carbonyl (C=O) groups excluding carboxylic acids is 2. The lowest BCUT2D eigenvalue weighted by Gasteiger charge is -2.39. The molecule has 0 bridgehead atoms. The van der Waals surface area contributed by atoms with Crippen LogP contribution in [0.1, 0.15) is 26.7 Å². The Balaban J connectivity index is 1.82. The first-order valence-electron chi connectivity index (χ1n) is 9.38. The van der Waals surface area contributed by atoms with Gasteiger partial charge in [-0.05, 0) is 24.5 Å². The standard InChI is InChI=1S/C19H28N4O3/c1-3-13(2)17-18(25)21-15-6-4-5-7-16(15)23(17)19(26)20-14-8-9-22(12-14)10-11-24/h4-7,13-14,17,24H,3,8-12H2,1-2H3,(H,20,26)(H,21,25). The Kier molecular flexibility index (Phi) is 5.78. The van der Waals surface area contributed by atoms with Crippen molar-refractivity contribution in [1.82, 2.24) is 10.2 Å². The number of likely N-dealkylation sites (tertiary alicyclic amines) is 1. The molecule has 2 heterocycles. The number of rotatable bonds is 5. The van der Waals surface area contributed by atoms with Gasteiger partial charge in [0.15, 0.2) is 0 Å². The first-order chi connectivity index (χ1) is 12.5. The Hall–Kier alpha value is -2.12. The molecule has 1 saturated heterocycles. The number of amides is 3. The molecule has 7 nitrogen and oxygen atoms in total. The number of anilines is 2. The van der Waals surface area contributed by atoms with Crippen molar-refractivity contribution in [3.63, 3.8) is 0 Å². The number of hydrogen-bond acceptors (Lipinski definition) is 4. The van der Waals surface area contributed by atoms with Gasteiger partial charge in [-0.2, -0.15) is 0 Å². The molecule has 0 aromatic heterocycles. The van der Waals surface area contributed by atoms with Crippen molar-refractivity contribution in [2.75, 3.05) is 36.5 Å². The highest BCUT2D eigenvalue weighted by atomic mass is 16.3. The van der Waals surface area contributed by atoms with E-state index in [4.69, 9.17) is 5.11 Å². The monoisotopic (exact) mass is 360 g/mol. The zero-order valence-corrected chi connectivity index (χ0v) is 15.4. The summed E-state index contributed by atoms with van der Waals surface area (Å²) in [6.45, 7) is 6.35. The number of urea groups is 1. The fourth-order valence-electron chi connectivity index (χ4n) is 3.77. The van der Waals surface area contributed by atoms with Gasteiger partial charge in [-0.3, -0.25) is 14.6 Å². The van der Waals surface area contributed by atoms with Gasteiger partial charge < -0.3 is 15.7 Å². The highest BCUT2D eigenvalue weighted by Gasteiger charge is 2.40. The Bertz CT molecular complexity index is 666. The van der Waals surface area contributed by atoms with Crippen LogP contribution in [-0.4, -0.2) is 60.3 Å².